The Hall–Kier alpha value is -4.41. The maximum atomic E-state index is 15.4. The Balaban J connectivity index is 1.25. The summed E-state index contributed by atoms with van der Waals surface area (Å²) in [4.78, 5) is 20.4. The fourth-order valence-electron chi connectivity index (χ4n) is 4.85. The standard InChI is InChI=1S/C31H23ClF3N3O4/c32-19-6-5-18(23(33)14-19)16-42-28-3-1-2-25(37-28)21-7-4-17(12-24(21)34)13-27-36-26-9-8-22(31(39)40)29(35)30(26)38(27)15-20-10-11-41-20/h1-9,12,14,20H,10-11,13,15-16H2,(H,39,40). The Bertz CT molecular complexity index is 1820. The van der Waals surface area contributed by atoms with Gasteiger partial charge in [-0.05, 0) is 54.4 Å². The van der Waals surface area contributed by atoms with Crippen molar-refractivity contribution in [2.75, 3.05) is 6.61 Å². The first-order chi connectivity index (χ1) is 20.3. The molecule has 3 aromatic carbocycles. The molecular formula is C31H23ClF3N3O4. The molecule has 1 N–H and O–H groups in total. The summed E-state index contributed by atoms with van der Waals surface area (Å²) in [5, 5.41) is 9.68. The number of benzene rings is 3. The van der Waals surface area contributed by atoms with Crippen molar-refractivity contribution in [3.8, 4) is 17.1 Å². The van der Waals surface area contributed by atoms with E-state index < -0.39 is 29.0 Å². The fourth-order valence-corrected chi connectivity index (χ4v) is 5.01. The number of rotatable bonds is 9. The number of fused-ring (bicyclic) bond motifs is 1. The van der Waals surface area contributed by atoms with Gasteiger partial charge < -0.3 is 19.1 Å². The molecule has 6 rings (SSSR count). The Labute approximate surface area is 243 Å². The lowest BCUT2D eigenvalue weighted by Gasteiger charge is -2.27. The largest absolute Gasteiger partial charge is 0.478 e. The number of hydrogen-bond donors (Lipinski definition) is 1. The van der Waals surface area contributed by atoms with Crippen molar-refractivity contribution in [2.24, 2.45) is 0 Å². The van der Waals surface area contributed by atoms with Crippen molar-refractivity contribution >= 4 is 28.6 Å². The molecule has 0 aliphatic carbocycles. The fraction of sp³-hybridized carbons (Fsp3) is 0.194. The van der Waals surface area contributed by atoms with Crippen molar-refractivity contribution in [2.45, 2.75) is 32.1 Å². The van der Waals surface area contributed by atoms with Gasteiger partial charge in [0.15, 0.2) is 5.82 Å². The van der Waals surface area contributed by atoms with E-state index in [1.165, 1.54) is 30.3 Å². The molecule has 0 spiro atoms. The summed E-state index contributed by atoms with van der Waals surface area (Å²) in [7, 11) is 0. The lowest BCUT2D eigenvalue weighted by atomic mass is 10.1. The van der Waals surface area contributed by atoms with Crippen molar-refractivity contribution in [3.05, 3.63) is 112 Å². The molecule has 11 heteroatoms. The maximum Gasteiger partial charge on any atom is 0.338 e. The normalized spacial score (nSPS) is 14.6. The number of ether oxygens (including phenoxy) is 2. The minimum absolute atomic E-state index is 0.0805. The number of carboxylic acids is 1. The van der Waals surface area contributed by atoms with Crippen LogP contribution in [-0.4, -0.2) is 38.3 Å². The predicted molar refractivity (Wildman–Crippen MR) is 149 cm³/mol. The van der Waals surface area contributed by atoms with E-state index in [0.717, 1.165) is 6.42 Å². The smallest absolute Gasteiger partial charge is 0.338 e. The van der Waals surface area contributed by atoms with Crippen LogP contribution in [-0.2, 0) is 24.3 Å². The van der Waals surface area contributed by atoms with Gasteiger partial charge in [-0.2, -0.15) is 0 Å². The first-order valence-electron chi connectivity index (χ1n) is 13.1. The SMILES string of the molecule is O=C(O)c1ccc2nc(Cc3ccc(-c4cccc(OCc5ccc(Cl)cc5F)n4)c(F)c3)n(CC3CCO3)c2c1F. The van der Waals surface area contributed by atoms with Gasteiger partial charge in [-0.15, -0.1) is 0 Å². The van der Waals surface area contributed by atoms with E-state index in [0.29, 0.717) is 41.3 Å². The van der Waals surface area contributed by atoms with Crippen LogP contribution in [0.15, 0.2) is 66.7 Å². The third-order valence-electron chi connectivity index (χ3n) is 7.12. The van der Waals surface area contributed by atoms with E-state index in [2.05, 4.69) is 9.97 Å². The van der Waals surface area contributed by atoms with Gasteiger partial charge in [-0.25, -0.2) is 27.9 Å². The molecule has 1 aliphatic heterocycles. The van der Waals surface area contributed by atoms with Gasteiger partial charge >= 0.3 is 5.97 Å². The number of imidazole rings is 1. The summed E-state index contributed by atoms with van der Waals surface area (Å²) in [6, 6.07) is 16.5. The molecule has 2 aromatic heterocycles. The quantitative estimate of drug-likeness (QED) is 0.202. The van der Waals surface area contributed by atoms with Crippen molar-refractivity contribution in [1.29, 1.82) is 0 Å². The highest BCUT2D eigenvalue weighted by Gasteiger charge is 2.25. The van der Waals surface area contributed by atoms with Crippen LogP contribution in [0, 0.1) is 17.5 Å². The second-order valence-electron chi connectivity index (χ2n) is 9.90. The first-order valence-corrected chi connectivity index (χ1v) is 13.5. The molecule has 0 radical (unpaired) electrons. The summed E-state index contributed by atoms with van der Waals surface area (Å²) in [5.74, 6) is -2.63. The van der Waals surface area contributed by atoms with E-state index in [9.17, 15) is 14.3 Å². The van der Waals surface area contributed by atoms with Crippen LogP contribution >= 0.6 is 11.6 Å². The summed E-state index contributed by atoms with van der Waals surface area (Å²) >= 11 is 5.80. The minimum Gasteiger partial charge on any atom is -0.478 e. The van der Waals surface area contributed by atoms with Crippen LogP contribution in [0.1, 0.15) is 33.7 Å². The van der Waals surface area contributed by atoms with Gasteiger partial charge in [0, 0.05) is 35.2 Å². The van der Waals surface area contributed by atoms with E-state index in [1.54, 1.807) is 41.0 Å². The Morgan fingerprint density at radius 2 is 1.88 bits per heavy atom. The molecule has 1 atom stereocenters. The maximum absolute atomic E-state index is 15.4. The highest BCUT2D eigenvalue weighted by molar-refractivity contribution is 6.30. The summed E-state index contributed by atoms with van der Waals surface area (Å²) in [6.07, 6.45) is 0.807. The van der Waals surface area contributed by atoms with Crippen LogP contribution in [0.5, 0.6) is 5.88 Å². The monoisotopic (exact) mass is 593 g/mol. The number of carbonyl (C=O) groups is 1. The number of pyridine rings is 1. The van der Waals surface area contributed by atoms with Crippen LogP contribution in [0.25, 0.3) is 22.3 Å². The number of aromatic carboxylic acids is 1. The molecule has 214 valence electrons. The zero-order valence-electron chi connectivity index (χ0n) is 22.0. The Kier molecular flexibility index (Phi) is 7.57. The number of hydrogen-bond acceptors (Lipinski definition) is 5. The van der Waals surface area contributed by atoms with Crippen LogP contribution in [0.3, 0.4) is 0 Å². The van der Waals surface area contributed by atoms with E-state index in [4.69, 9.17) is 21.1 Å². The minimum atomic E-state index is -1.37. The number of carboxylic acid groups (broad SMARTS) is 1. The predicted octanol–water partition coefficient (Wildman–Crippen LogP) is 6.83. The molecular weight excluding hydrogens is 571 g/mol. The van der Waals surface area contributed by atoms with Gasteiger partial charge in [0.1, 0.15) is 29.6 Å². The first kappa shape index (κ1) is 27.7. The van der Waals surface area contributed by atoms with Crippen LogP contribution in [0.2, 0.25) is 5.02 Å². The summed E-state index contributed by atoms with van der Waals surface area (Å²) in [5.41, 5.74) is 1.38. The third kappa shape index (κ3) is 5.55. The molecule has 0 saturated carbocycles. The van der Waals surface area contributed by atoms with Crippen LogP contribution < -0.4 is 4.74 Å². The van der Waals surface area contributed by atoms with Gasteiger partial charge in [-0.1, -0.05) is 29.8 Å². The van der Waals surface area contributed by atoms with Crippen LogP contribution in [0.4, 0.5) is 13.2 Å². The highest BCUT2D eigenvalue weighted by Crippen LogP contribution is 2.29. The Morgan fingerprint density at radius 1 is 1.05 bits per heavy atom. The average Bonchev–Trinajstić information content (AvgIpc) is 3.28. The van der Waals surface area contributed by atoms with E-state index in [-0.39, 0.29) is 41.1 Å². The van der Waals surface area contributed by atoms with Gasteiger partial charge in [0.25, 0.3) is 0 Å². The molecule has 3 heterocycles. The lowest BCUT2D eigenvalue weighted by molar-refractivity contribution is -0.0590. The lowest BCUT2D eigenvalue weighted by Crippen LogP contribution is -2.32. The number of halogens is 4. The molecule has 1 aliphatic rings. The molecule has 1 fully saturated rings. The van der Waals surface area contributed by atoms with Gasteiger partial charge in [0.2, 0.25) is 5.88 Å². The zero-order valence-corrected chi connectivity index (χ0v) is 22.7. The van der Waals surface area contributed by atoms with E-state index in [1.807, 2.05) is 0 Å². The van der Waals surface area contributed by atoms with Gasteiger partial charge in [-0.3, -0.25) is 0 Å². The number of nitrogens with zero attached hydrogens (tertiary/aromatic N) is 3. The molecule has 5 aromatic rings. The summed E-state index contributed by atoms with van der Waals surface area (Å²) < 4.78 is 57.5. The molecule has 0 bridgehead atoms. The van der Waals surface area contributed by atoms with Crippen molar-refractivity contribution < 1.29 is 32.5 Å². The highest BCUT2D eigenvalue weighted by atomic mass is 35.5. The molecule has 1 unspecified atom stereocenters. The Morgan fingerprint density at radius 3 is 2.60 bits per heavy atom. The van der Waals surface area contributed by atoms with Gasteiger partial charge in [0.05, 0.1) is 29.4 Å². The van der Waals surface area contributed by atoms with E-state index >= 15 is 8.78 Å². The molecule has 42 heavy (non-hydrogen) atoms. The van der Waals surface area contributed by atoms with Crippen molar-refractivity contribution in [3.63, 3.8) is 0 Å². The zero-order chi connectivity index (χ0) is 29.4. The second kappa shape index (κ2) is 11.5. The summed E-state index contributed by atoms with van der Waals surface area (Å²) in [6.45, 7) is 0.811. The average molecular weight is 594 g/mol. The third-order valence-corrected chi connectivity index (χ3v) is 7.36. The number of aromatic nitrogens is 3. The van der Waals surface area contributed by atoms with Crippen molar-refractivity contribution in [1.82, 2.24) is 14.5 Å². The molecule has 0 amide bonds. The topological polar surface area (TPSA) is 86.5 Å². The second-order valence-corrected chi connectivity index (χ2v) is 10.3. The molecule has 1 saturated heterocycles. The molecule has 7 nitrogen and oxygen atoms in total.